The fourth-order valence-electron chi connectivity index (χ4n) is 3.98. The number of carbonyl (C=O) groups excluding carboxylic acids is 2. The van der Waals surface area contributed by atoms with E-state index >= 15 is 0 Å². The highest BCUT2D eigenvalue weighted by Crippen LogP contribution is 2.48. The number of rotatable bonds is 8. The Balaban J connectivity index is 2.12. The van der Waals surface area contributed by atoms with Gasteiger partial charge in [0.1, 0.15) is 11.5 Å². The summed E-state index contributed by atoms with van der Waals surface area (Å²) in [5.41, 5.74) is 0.865. The molecule has 7 nitrogen and oxygen atoms in total. The number of hydrogen-bond donors (Lipinski definition) is 1. The molecule has 166 valence electrons. The summed E-state index contributed by atoms with van der Waals surface area (Å²) in [6.45, 7) is 7.74. The van der Waals surface area contributed by atoms with Gasteiger partial charge in [-0.15, -0.1) is 0 Å². The number of ether oxygens (including phenoxy) is 3. The lowest BCUT2D eigenvalue weighted by Gasteiger charge is -2.37. The maximum atomic E-state index is 13.3. The van der Waals surface area contributed by atoms with Gasteiger partial charge in [-0.25, -0.2) is 4.79 Å². The number of nitrogens with zero attached hydrogens (tertiary/aromatic N) is 1. The van der Waals surface area contributed by atoms with Crippen molar-refractivity contribution in [1.29, 1.82) is 0 Å². The Labute approximate surface area is 182 Å². The van der Waals surface area contributed by atoms with Gasteiger partial charge in [0.05, 0.1) is 25.7 Å². The molecule has 7 heteroatoms. The molecule has 3 rings (SSSR count). The van der Waals surface area contributed by atoms with Gasteiger partial charge in [-0.1, -0.05) is 0 Å². The molecule has 0 radical (unpaired) electrons. The molecule has 1 atom stereocenters. The third-order valence-electron chi connectivity index (χ3n) is 5.08. The van der Waals surface area contributed by atoms with Gasteiger partial charge >= 0.3 is 11.9 Å². The first kappa shape index (κ1) is 22.5. The van der Waals surface area contributed by atoms with E-state index in [1.807, 2.05) is 43.0 Å². The van der Waals surface area contributed by atoms with Gasteiger partial charge in [0.2, 0.25) is 0 Å². The summed E-state index contributed by atoms with van der Waals surface area (Å²) >= 11 is 0. The van der Waals surface area contributed by atoms with Crippen LogP contribution in [0.2, 0.25) is 0 Å². The zero-order chi connectivity index (χ0) is 22.6. The van der Waals surface area contributed by atoms with Gasteiger partial charge in [0.25, 0.3) is 0 Å². The van der Waals surface area contributed by atoms with E-state index in [1.165, 1.54) is 0 Å². The molecular formula is C24H29NO6. The van der Waals surface area contributed by atoms with Crippen molar-refractivity contribution in [3.05, 3.63) is 48.0 Å². The first-order valence-corrected chi connectivity index (χ1v) is 10.5. The molecule has 0 bridgehead atoms. The number of benzene rings is 2. The second-order valence-corrected chi connectivity index (χ2v) is 7.72. The molecule has 0 spiro atoms. The van der Waals surface area contributed by atoms with Crippen LogP contribution in [0.4, 0.5) is 11.4 Å². The van der Waals surface area contributed by atoms with E-state index in [-0.39, 0.29) is 37.9 Å². The summed E-state index contributed by atoms with van der Waals surface area (Å²) in [6, 6.07) is 12.3. The topological polar surface area (TPSA) is 85.3 Å². The molecule has 2 aromatic rings. The van der Waals surface area contributed by atoms with Gasteiger partial charge in [-0.2, -0.15) is 0 Å². The fourth-order valence-corrected chi connectivity index (χ4v) is 3.98. The Morgan fingerprint density at radius 2 is 1.74 bits per heavy atom. The molecule has 31 heavy (non-hydrogen) atoms. The molecule has 1 heterocycles. The lowest BCUT2D eigenvalue weighted by Crippen LogP contribution is -2.53. The number of carbonyl (C=O) groups is 2. The number of fused-ring (bicyclic) bond motifs is 1. The van der Waals surface area contributed by atoms with Crippen LogP contribution >= 0.6 is 0 Å². The van der Waals surface area contributed by atoms with Crippen LogP contribution in [0.3, 0.4) is 0 Å². The molecule has 0 fully saturated rings. The van der Waals surface area contributed by atoms with Crippen molar-refractivity contribution in [1.82, 2.24) is 0 Å². The van der Waals surface area contributed by atoms with Crippen LogP contribution in [0.15, 0.2) is 42.5 Å². The molecule has 1 aliphatic heterocycles. The van der Waals surface area contributed by atoms with Crippen molar-refractivity contribution in [2.24, 2.45) is 0 Å². The quantitative estimate of drug-likeness (QED) is 0.634. The SMILES string of the molecule is CCOC(=O)CC1(C(=O)OCC)Cc2cc(O)ccc2N1c1ccc(OC(C)C)cc1. The normalized spacial score (nSPS) is 17.4. The molecule has 0 saturated carbocycles. The Hall–Kier alpha value is -3.22. The van der Waals surface area contributed by atoms with E-state index in [0.717, 1.165) is 11.3 Å². The number of phenols is 1. The molecule has 1 unspecified atom stereocenters. The molecule has 2 aromatic carbocycles. The molecular weight excluding hydrogens is 398 g/mol. The standard InChI is InChI=1S/C24H29NO6/c1-5-29-22(27)15-24(23(28)30-6-2)14-17-13-19(26)9-12-21(17)25(24)18-7-10-20(11-8-18)31-16(3)4/h7-13,16,26H,5-6,14-15H2,1-4H3. The Morgan fingerprint density at radius 3 is 2.35 bits per heavy atom. The van der Waals surface area contributed by atoms with Gasteiger partial charge in [0.15, 0.2) is 5.54 Å². The number of aromatic hydroxyl groups is 1. The number of anilines is 2. The van der Waals surface area contributed by atoms with Crippen LogP contribution in [0.25, 0.3) is 0 Å². The lowest BCUT2D eigenvalue weighted by atomic mass is 9.89. The van der Waals surface area contributed by atoms with Crippen LogP contribution in [-0.2, 0) is 25.5 Å². The maximum Gasteiger partial charge on any atom is 0.333 e. The van der Waals surface area contributed by atoms with E-state index in [4.69, 9.17) is 14.2 Å². The van der Waals surface area contributed by atoms with Gasteiger partial charge in [-0.3, -0.25) is 4.79 Å². The minimum Gasteiger partial charge on any atom is -0.508 e. The van der Waals surface area contributed by atoms with Crippen LogP contribution in [0.1, 0.15) is 39.7 Å². The number of phenolic OH excluding ortho intramolecular Hbond substituents is 1. The van der Waals surface area contributed by atoms with Gasteiger partial charge < -0.3 is 24.2 Å². The molecule has 0 aliphatic carbocycles. The molecule has 1 aliphatic rings. The zero-order valence-electron chi connectivity index (χ0n) is 18.4. The van der Waals surface area contributed by atoms with E-state index in [1.54, 1.807) is 32.0 Å². The van der Waals surface area contributed by atoms with E-state index in [0.29, 0.717) is 11.4 Å². The van der Waals surface area contributed by atoms with Crippen molar-refractivity contribution in [3.8, 4) is 11.5 Å². The molecule has 0 aromatic heterocycles. The Kier molecular flexibility index (Phi) is 6.73. The van der Waals surface area contributed by atoms with Crippen molar-refractivity contribution in [2.45, 2.75) is 52.2 Å². The van der Waals surface area contributed by atoms with Gasteiger partial charge in [0, 0.05) is 17.8 Å². The predicted molar refractivity (Wildman–Crippen MR) is 117 cm³/mol. The number of esters is 2. The second kappa shape index (κ2) is 9.29. The number of hydrogen-bond acceptors (Lipinski definition) is 7. The fraction of sp³-hybridized carbons (Fsp3) is 0.417. The van der Waals surface area contributed by atoms with Crippen molar-refractivity contribution >= 4 is 23.3 Å². The van der Waals surface area contributed by atoms with Crippen molar-refractivity contribution < 1.29 is 28.9 Å². The average Bonchev–Trinajstić information content (AvgIpc) is 3.02. The van der Waals surface area contributed by atoms with Crippen LogP contribution in [0, 0.1) is 0 Å². The minimum atomic E-state index is -1.32. The lowest BCUT2D eigenvalue weighted by molar-refractivity contribution is -0.155. The second-order valence-electron chi connectivity index (χ2n) is 7.72. The maximum absolute atomic E-state index is 13.3. The van der Waals surface area contributed by atoms with Crippen molar-refractivity contribution in [2.75, 3.05) is 18.1 Å². The van der Waals surface area contributed by atoms with Crippen LogP contribution in [-0.4, -0.2) is 41.9 Å². The third-order valence-corrected chi connectivity index (χ3v) is 5.08. The smallest absolute Gasteiger partial charge is 0.333 e. The first-order valence-electron chi connectivity index (χ1n) is 10.5. The third kappa shape index (κ3) is 4.60. The monoisotopic (exact) mass is 427 g/mol. The minimum absolute atomic E-state index is 0.0313. The van der Waals surface area contributed by atoms with E-state index in [9.17, 15) is 14.7 Å². The molecule has 1 N–H and O–H groups in total. The molecule has 0 amide bonds. The van der Waals surface area contributed by atoms with Crippen LogP contribution < -0.4 is 9.64 Å². The largest absolute Gasteiger partial charge is 0.508 e. The summed E-state index contributed by atoms with van der Waals surface area (Å²) in [6.07, 6.45) is 0.0571. The highest BCUT2D eigenvalue weighted by Gasteiger charge is 2.53. The zero-order valence-corrected chi connectivity index (χ0v) is 18.4. The van der Waals surface area contributed by atoms with Crippen molar-refractivity contribution in [3.63, 3.8) is 0 Å². The van der Waals surface area contributed by atoms with E-state index < -0.39 is 17.5 Å². The summed E-state index contributed by atoms with van der Waals surface area (Å²) in [7, 11) is 0. The van der Waals surface area contributed by atoms with Gasteiger partial charge in [-0.05, 0) is 75.7 Å². The first-order chi connectivity index (χ1) is 14.8. The Morgan fingerprint density at radius 1 is 1.06 bits per heavy atom. The summed E-state index contributed by atoms with van der Waals surface area (Å²) < 4.78 is 16.3. The predicted octanol–water partition coefficient (Wildman–Crippen LogP) is 4.13. The van der Waals surface area contributed by atoms with Crippen LogP contribution in [0.5, 0.6) is 11.5 Å². The summed E-state index contributed by atoms with van der Waals surface area (Å²) in [5, 5.41) is 10.0. The summed E-state index contributed by atoms with van der Waals surface area (Å²) in [5.74, 6) is -0.204. The Bertz CT molecular complexity index is 940. The highest BCUT2D eigenvalue weighted by atomic mass is 16.5. The molecule has 0 saturated heterocycles. The van der Waals surface area contributed by atoms with E-state index in [2.05, 4.69) is 0 Å². The highest BCUT2D eigenvalue weighted by molar-refractivity contribution is 5.96. The summed E-state index contributed by atoms with van der Waals surface area (Å²) in [4.78, 5) is 27.7. The average molecular weight is 427 g/mol.